The van der Waals surface area contributed by atoms with Gasteiger partial charge in [0.2, 0.25) is 5.91 Å². The van der Waals surface area contributed by atoms with Crippen LogP contribution in [0.5, 0.6) is 0 Å². The third-order valence-electron chi connectivity index (χ3n) is 6.29. The Labute approximate surface area is 182 Å². The Hall–Kier alpha value is -1.14. The van der Waals surface area contributed by atoms with Crippen LogP contribution in [0.25, 0.3) is 10.2 Å². The molecule has 0 radical (unpaired) electrons. The van der Waals surface area contributed by atoms with Crippen LogP contribution in [-0.2, 0) is 4.79 Å². The lowest BCUT2D eigenvalue weighted by molar-refractivity contribution is -0.139. The number of amides is 1. The van der Waals surface area contributed by atoms with Crippen LogP contribution in [0.3, 0.4) is 0 Å². The lowest BCUT2D eigenvalue weighted by Crippen LogP contribution is -2.47. The smallest absolute Gasteiger partial charge is 0.227 e. The van der Waals surface area contributed by atoms with Gasteiger partial charge in [-0.1, -0.05) is 24.3 Å². The van der Waals surface area contributed by atoms with Gasteiger partial charge < -0.3 is 10.2 Å². The van der Waals surface area contributed by atoms with E-state index >= 15 is 0 Å². The molecule has 3 heterocycles. The highest BCUT2D eigenvalue weighted by Gasteiger charge is 2.43. The molecule has 4 unspecified atom stereocenters. The molecule has 1 aliphatic carbocycles. The van der Waals surface area contributed by atoms with Crippen molar-refractivity contribution in [2.75, 3.05) is 13.1 Å². The zero-order valence-electron chi connectivity index (χ0n) is 15.8. The fraction of sp³-hybridized carbons (Fsp3) is 0.524. The van der Waals surface area contributed by atoms with Crippen LogP contribution in [-0.4, -0.2) is 41.0 Å². The summed E-state index contributed by atoms with van der Waals surface area (Å²) in [6.45, 7) is 1.99. The van der Waals surface area contributed by atoms with Crippen molar-refractivity contribution < 1.29 is 4.79 Å². The second-order valence-corrected chi connectivity index (χ2v) is 8.86. The van der Waals surface area contributed by atoms with Crippen LogP contribution in [0, 0.1) is 5.92 Å². The van der Waals surface area contributed by atoms with Gasteiger partial charge in [-0.15, -0.1) is 36.2 Å². The van der Waals surface area contributed by atoms with Crippen molar-refractivity contribution in [3.05, 3.63) is 41.4 Å². The average Bonchev–Trinajstić information content (AvgIpc) is 3.20. The van der Waals surface area contributed by atoms with Gasteiger partial charge in [0.25, 0.3) is 0 Å². The lowest BCUT2D eigenvalue weighted by Gasteiger charge is -2.35. The number of nitrogens with one attached hydrogen (secondary N) is 1. The maximum Gasteiger partial charge on any atom is 0.227 e. The van der Waals surface area contributed by atoms with E-state index in [1.165, 1.54) is 11.1 Å². The van der Waals surface area contributed by atoms with Crippen LogP contribution in [0.2, 0.25) is 0 Å². The maximum absolute atomic E-state index is 13.6. The molecular weight excluding hydrogens is 413 g/mol. The highest BCUT2D eigenvalue weighted by Crippen LogP contribution is 2.41. The van der Waals surface area contributed by atoms with Gasteiger partial charge in [0, 0.05) is 24.5 Å². The summed E-state index contributed by atoms with van der Waals surface area (Å²) in [7, 11) is 0. The van der Waals surface area contributed by atoms with Gasteiger partial charge in [-0.2, -0.15) is 0 Å². The third kappa shape index (κ3) is 3.82. The molecule has 2 bridgehead atoms. The fourth-order valence-corrected chi connectivity index (χ4v) is 6.09. The number of rotatable bonds is 2. The van der Waals surface area contributed by atoms with Gasteiger partial charge in [0.1, 0.15) is 0 Å². The van der Waals surface area contributed by atoms with Crippen molar-refractivity contribution in [1.29, 1.82) is 0 Å². The summed E-state index contributed by atoms with van der Waals surface area (Å²) in [6, 6.07) is 9.13. The minimum atomic E-state index is 0. The second kappa shape index (κ2) is 9.12. The molecule has 2 aromatic rings. The van der Waals surface area contributed by atoms with Crippen molar-refractivity contribution in [3.8, 4) is 0 Å². The predicted molar refractivity (Wildman–Crippen MR) is 120 cm³/mol. The van der Waals surface area contributed by atoms with Crippen LogP contribution >= 0.6 is 36.2 Å². The normalized spacial score (nSPS) is 29.1. The van der Waals surface area contributed by atoms with E-state index in [-0.39, 0.29) is 36.6 Å². The molecule has 1 N–H and O–H groups in total. The number of carbonyl (C=O) groups excluding carboxylic acids is 1. The number of halogens is 2. The fourth-order valence-electron chi connectivity index (χ4n) is 4.94. The summed E-state index contributed by atoms with van der Waals surface area (Å²) >= 11 is 1.76. The predicted octanol–water partition coefficient (Wildman–Crippen LogP) is 4.54. The number of allylic oxidation sites excluding steroid dienone is 2. The Morgan fingerprint density at radius 1 is 1.07 bits per heavy atom. The molecule has 0 spiro atoms. The van der Waals surface area contributed by atoms with Crippen LogP contribution < -0.4 is 5.32 Å². The second-order valence-electron chi connectivity index (χ2n) is 7.80. The molecule has 2 fully saturated rings. The standard InChI is InChI=1S/C21H25N3OS.2ClH/c25-21(24-14-9-10-15(24)13-22-12-11-14)17-6-2-1-5-16(17)20-23-18-7-3-4-8-19(18)26-20;;/h1-4,7-8,14-17,22H,5-6,9-13H2;2*1H. The number of fused-ring (bicyclic) bond motifs is 3. The summed E-state index contributed by atoms with van der Waals surface area (Å²) in [5.41, 5.74) is 1.06. The van der Waals surface area contributed by atoms with Crippen molar-refractivity contribution in [2.45, 2.75) is 50.1 Å². The van der Waals surface area contributed by atoms with Crippen molar-refractivity contribution >= 4 is 52.3 Å². The van der Waals surface area contributed by atoms with E-state index in [2.05, 4.69) is 40.6 Å². The Morgan fingerprint density at radius 2 is 1.86 bits per heavy atom. The number of benzene rings is 1. The highest BCUT2D eigenvalue weighted by atomic mass is 35.5. The molecule has 7 heteroatoms. The lowest BCUT2D eigenvalue weighted by atomic mass is 9.82. The number of hydrogen-bond donors (Lipinski definition) is 1. The molecule has 0 saturated carbocycles. The molecule has 5 rings (SSSR count). The number of nitrogens with zero attached hydrogens (tertiary/aromatic N) is 2. The summed E-state index contributed by atoms with van der Waals surface area (Å²) < 4.78 is 1.22. The molecule has 28 heavy (non-hydrogen) atoms. The van der Waals surface area contributed by atoms with E-state index in [4.69, 9.17) is 4.98 Å². The van der Waals surface area contributed by atoms with Crippen LogP contribution in [0.15, 0.2) is 36.4 Å². The van der Waals surface area contributed by atoms with Crippen molar-refractivity contribution in [3.63, 3.8) is 0 Å². The first kappa shape index (κ1) is 21.6. The molecule has 1 aromatic heterocycles. The van der Waals surface area contributed by atoms with Gasteiger partial charge in [-0.05, 0) is 50.8 Å². The Bertz CT molecular complexity index is 808. The van der Waals surface area contributed by atoms with E-state index in [0.717, 1.165) is 49.3 Å². The number of para-hydroxylation sites is 1. The molecule has 4 nitrogen and oxygen atoms in total. The highest BCUT2D eigenvalue weighted by molar-refractivity contribution is 7.18. The van der Waals surface area contributed by atoms with E-state index in [0.29, 0.717) is 18.0 Å². The Kier molecular flexibility index (Phi) is 7.02. The zero-order chi connectivity index (χ0) is 17.5. The number of thiazole rings is 1. The van der Waals surface area contributed by atoms with E-state index in [1.807, 2.05) is 6.07 Å². The molecule has 1 amide bonds. The third-order valence-corrected chi connectivity index (χ3v) is 7.45. The quantitative estimate of drug-likeness (QED) is 0.698. The summed E-state index contributed by atoms with van der Waals surface area (Å²) in [4.78, 5) is 20.7. The van der Waals surface area contributed by atoms with E-state index in [9.17, 15) is 4.79 Å². The minimum absolute atomic E-state index is 0. The first-order valence-electron chi connectivity index (χ1n) is 9.84. The molecule has 2 aliphatic heterocycles. The first-order valence-corrected chi connectivity index (χ1v) is 10.7. The SMILES string of the molecule is Cl.Cl.O=C(C1CC=CCC1c1nc2ccccc2s1)N1C2CCNCC1CC2. The summed E-state index contributed by atoms with van der Waals surface area (Å²) in [5.74, 6) is 0.636. The van der Waals surface area contributed by atoms with Crippen LogP contribution in [0.1, 0.15) is 43.0 Å². The Balaban J connectivity index is 0.00000112. The van der Waals surface area contributed by atoms with Gasteiger partial charge in [-0.3, -0.25) is 4.79 Å². The van der Waals surface area contributed by atoms with Gasteiger partial charge >= 0.3 is 0 Å². The largest absolute Gasteiger partial charge is 0.335 e. The van der Waals surface area contributed by atoms with Gasteiger partial charge in [0.05, 0.1) is 21.1 Å². The number of carbonyl (C=O) groups is 1. The van der Waals surface area contributed by atoms with Gasteiger partial charge in [0.15, 0.2) is 0 Å². The van der Waals surface area contributed by atoms with Crippen molar-refractivity contribution in [1.82, 2.24) is 15.2 Å². The van der Waals surface area contributed by atoms with E-state index < -0.39 is 0 Å². The van der Waals surface area contributed by atoms with Crippen LogP contribution in [0.4, 0.5) is 0 Å². The topological polar surface area (TPSA) is 45.2 Å². The minimum Gasteiger partial charge on any atom is -0.335 e. The molecule has 4 atom stereocenters. The molecular formula is C21H27Cl2N3OS. The maximum atomic E-state index is 13.6. The molecule has 3 aliphatic rings. The monoisotopic (exact) mass is 439 g/mol. The zero-order valence-corrected chi connectivity index (χ0v) is 18.2. The molecule has 1 aromatic carbocycles. The molecule has 2 saturated heterocycles. The Morgan fingerprint density at radius 3 is 2.71 bits per heavy atom. The summed E-state index contributed by atoms with van der Waals surface area (Å²) in [6.07, 6.45) is 9.63. The number of aromatic nitrogens is 1. The average molecular weight is 440 g/mol. The number of hydrogen-bond acceptors (Lipinski definition) is 4. The van der Waals surface area contributed by atoms with Crippen molar-refractivity contribution in [2.24, 2.45) is 5.92 Å². The molecule has 152 valence electrons. The van der Waals surface area contributed by atoms with Gasteiger partial charge in [-0.25, -0.2) is 4.98 Å². The summed E-state index contributed by atoms with van der Waals surface area (Å²) in [5, 5.41) is 4.64. The van der Waals surface area contributed by atoms with E-state index in [1.54, 1.807) is 11.3 Å². The first-order chi connectivity index (χ1) is 12.8.